The van der Waals surface area contributed by atoms with Crippen molar-refractivity contribution in [2.75, 3.05) is 17.6 Å². The third-order valence-corrected chi connectivity index (χ3v) is 4.36. The summed E-state index contributed by atoms with van der Waals surface area (Å²) in [5.41, 5.74) is 0.794. The van der Waals surface area contributed by atoms with E-state index >= 15 is 0 Å². The number of para-hydroxylation sites is 1. The molecule has 1 aromatic carbocycles. The number of anilines is 1. The van der Waals surface area contributed by atoms with E-state index in [0.717, 1.165) is 23.3 Å². The van der Waals surface area contributed by atoms with Crippen LogP contribution in [0.25, 0.3) is 10.9 Å². The normalized spacial score (nSPS) is 10.6. The average Bonchev–Trinajstić information content (AvgIpc) is 3.19. The molecule has 0 saturated carbocycles. The van der Waals surface area contributed by atoms with Crippen LogP contribution in [0.15, 0.2) is 52.2 Å². The van der Waals surface area contributed by atoms with E-state index in [1.807, 2.05) is 31.2 Å². The summed E-state index contributed by atoms with van der Waals surface area (Å²) in [7, 11) is 0. The summed E-state index contributed by atoms with van der Waals surface area (Å²) in [6.07, 6.45) is 1.52. The second-order valence-electron chi connectivity index (χ2n) is 5.50. The van der Waals surface area contributed by atoms with Gasteiger partial charge in [-0.1, -0.05) is 23.9 Å². The molecule has 2 heterocycles. The molecule has 0 saturated heterocycles. The molecule has 3 aromatic rings. The quantitative estimate of drug-likeness (QED) is 0.424. The van der Waals surface area contributed by atoms with Crippen LogP contribution in [-0.4, -0.2) is 34.2 Å². The van der Waals surface area contributed by atoms with Crippen molar-refractivity contribution in [1.82, 2.24) is 20.6 Å². The number of thioether (sulfide) groups is 1. The summed E-state index contributed by atoms with van der Waals surface area (Å²) in [6, 6.07) is 10.5. The second kappa shape index (κ2) is 9.04. The molecular formula is C18H19N5O3S. The third-order valence-electron chi connectivity index (χ3n) is 3.52. The summed E-state index contributed by atoms with van der Waals surface area (Å²) >= 11 is 1.17. The van der Waals surface area contributed by atoms with Gasteiger partial charge >= 0.3 is 6.03 Å². The summed E-state index contributed by atoms with van der Waals surface area (Å²) in [5.74, 6) is 0.923. The van der Waals surface area contributed by atoms with Crippen molar-refractivity contribution in [3.8, 4) is 0 Å². The fourth-order valence-electron chi connectivity index (χ4n) is 2.34. The number of urea groups is 1. The number of hydrogen-bond donors (Lipinski definition) is 3. The van der Waals surface area contributed by atoms with Crippen LogP contribution in [0.3, 0.4) is 0 Å². The summed E-state index contributed by atoms with van der Waals surface area (Å²) < 4.78 is 5.11. The standard InChI is InChI=1S/C18H19N5O3S/c1-2-19-16-13-7-3-4-8-14(13)21-18(23-16)27-11-15(24)22-17(25)20-10-12-6-5-9-26-12/h3-9H,2,10-11H2,1H3,(H,19,21,23)(H2,20,22,24,25). The van der Waals surface area contributed by atoms with Gasteiger partial charge in [0, 0.05) is 11.9 Å². The number of rotatable bonds is 7. The number of carbonyl (C=O) groups is 2. The third kappa shape index (κ3) is 5.20. The minimum atomic E-state index is -0.579. The summed E-state index contributed by atoms with van der Waals surface area (Å²) in [5, 5.41) is 9.41. The Kier molecular flexibility index (Phi) is 6.26. The van der Waals surface area contributed by atoms with Crippen LogP contribution in [0, 0.1) is 0 Å². The Bertz CT molecular complexity index is 930. The van der Waals surface area contributed by atoms with E-state index in [1.165, 1.54) is 18.0 Å². The Morgan fingerprint density at radius 3 is 2.78 bits per heavy atom. The van der Waals surface area contributed by atoms with Gasteiger partial charge in [0.25, 0.3) is 0 Å². The lowest BCUT2D eigenvalue weighted by Crippen LogP contribution is -2.39. The van der Waals surface area contributed by atoms with Crippen LogP contribution in [0.2, 0.25) is 0 Å². The van der Waals surface area contributed by atoms with E-state index in [4.69, 9.17) is 4.42 Å². The Balaban J connectivity index is 1.55. The van der Waals surface area contributed by atoms with Crippen LogP contribution < -0.4 is 16.0 Å². The topological polar surface area (TPSA) is 109 Å². The first-order valence-electron chi connectivity index (χ1n) is 8.39. The number of fused-ring (bicyclic) bond motifs is 1. The Morgan fingerprint density at radius 1 is 1.15 bits per heavy atom. The zero-order chi connectivity index (χ0) is 19.1. The monoisotopic (exact) mass is 385 g/mol. The largest absolute Gasteiger partial charge is 0.467 e. The van der Waals surface area contributed by atoms with Crippen LogP contribution >= 0.6 is 11.8 Å². The van der Waals surface area contributed by atoms with Crippen molar-refractivity contribution in [3.05, 3.63) is 48.4 Å². The highest BCUT2D eigenvalue weighted by molar-refractivity contribution is 7.99. The number of amides is 3. The van der Waals surface area contributed by atoms with Crippen molar-refractivity contribution < 1.29 is 14.0 Å². The Morgan fingerprint density at radius 2 is 2.00 bits per heavy atom. The smallest absolute Gasteiger partial charge is 0.321 e. The minimum Gasteiger partial charge on any atom is -0.467 e. The molecule has 0 atom stereocenters. The van der Waals surface area contributed by atoms with Crippen molar-refractivity contribution in [1.29, 1.82) is 0 Å². The number of carbonyl (C=O) groups excluding carboxylic acids is 2. The van der Waals surface area contributed by atoms with Crippen LogP contribution in [0.4, 0.5) is 10.6 Å². The number of hydrogen-bond acceptors (Lipinski definition) is 7. The van der Waals surface area contributed by atoms with Gasteiger partial charge in [-0.25, -0.2) is 14.8 Å². The Labute approximate surface area is 160 Å². The van der Waals surface area contributed by atoms with Gasteiger partial charge in [-0.3, -0.25) is 10.1 Å². The molecule has 140 valence electrons. The number of furan rings is 1. The number of nitrogens with one attached hydrogen (secondary N) is 3. The zero-order valence-electron chi connectivity index (χ0n) is 14.7. The fraction of sp³-hybridized carbons (Fsp3) is 0.222. The van der Waals surface area contributed by atoms with Crippen LogP contribution in [-0.2, 0) is 11.3 Å². The van der Waals surface area contributed by atoms with Crippen LogP contribution in [0.1, 0.15) is 12.7 Å². The van der Waals surface area contributed by atoms with Gasteiger partial charge in [0.2, 0.25) is 5.91 Å². The lowest BCUT2D eigenvalue weighted by Gasteiger charge is -2.09. The first-order valence-corrected chi connectivity index (χ1v) is 9.37. The van der Waals surface area contributed by atoms with Gasteiger partial charge in [0.1, 0.15) is 11.6 Å². The van der Waals surface area contributed by atoms with E-state index < -0.39 is 11.9 Å². The molecule has 9 heteroatoms. The maximum absolute atomic E-state index is 12.0. The average molecular weight is 385 g/mol. The van der Waals surface area contributed by atoms with Gasteiger partial charge in [0.15, 0.2) is 5.16 Å². The van der Waals surface area contributed by atoms with Gasteiger partial charge in [-0.15, -0.1) is 0 Å². The van der Waals surface area contributed by atoms with Gasteiger partial charge in [-0.05, 0) is 31.2 Å². The van der Waals surface area contributed by atoms with Crippen molar-refractivity contribution in [2.24, 2.45) is 0 Å². The highest BCUT2D eigenvalue weighted by Gasteiger charge is 2.12. The molecule has 3 amide bonds. The van der Waals surface area contributed by atoms with Crippen molar-refractivity contribution in [2.45, 2.75) is 18.6 Å². The maximum Gasteiger partial charge on any atom is 0.321 e. The number of aromatic nitrogens is 2. The molecule has 0 aliphatic rings. The molecule has 0 radical (unpaired) electrons. The molecular weight excluding hydrogens is 366 g/mol. The van der Waals surface area contributed by atoms with Crippen molar-refractivity contribution in [3.63, 3.8) is 0 Å². The van der Waals surface area contributed by atoms with E-state index in [2.05, 4.69) is 25.9 Å². The number of imide groups is 1. The van der Waals surface area contributed by atoms with E-state index in [9.17, 15) is 9.59 Å². The molecule has 27 heavy (non-hydrogen) atoms. The molecule has 2 aromatic heterocycles. The lowest BCUT2D eigenvalue weighted by molar-refractivity contribution is -0.117. The highest BCUT2D eigenvalue weighted by atomic mass is 32.2. The highest BCUT2D eigenvalue weighted by Crippen LogP contribution is 2.24. The van der Waals surface area contributed by atoms with Gasteiger partial charge < -0.3 is 15.1 Å². The fourth-order valence-corrected chi connectivity index (χ4v) is 2.99. The first kappa shape index (κ1) is 18.7. The van der Waals surface area contributed by atoms with E-state index in [-0.39, 0.29) is 12.3 Å². The summed E-state index contributed by atoms with van der Waals surface area (Å²) in [6.45, 7) is 2.92. The predicted molar refractivity (Wildman–Crippen MR) is 104 cm³/mol. The molecule has 8 nitrogen and oxygen atoms in total. The van der Waals surface area contributed by atoms with Gasteiger partial charge in [0.05, 0.1) is 24.1 Å². The Hall–Kier alpha value is -3.07. The lowest BCUT2D eigenvalue weighted by atomic mass is 10.2. The van der Waals surface area contributed by atoms with Gasteiger partial charge in [-0.2, -0.15) is 0 Å². The molecule has 0 fully saturated rings. The zero-order valence-corrected chi connectivity index (χ0v) is 15.5. The minimum absolute atomic E-state index is 0.0259. The molecule has 3 N–H and O–H groups in total. The molecule has 0 bridgehead atoms. The SMILES string of the molecule is CCNc1nc(SCC(=O)NC(=O)NCc2ccco2)nc2ccccc12. The number of nitrogens with zero attached hydrogens (tertiary/aromatic N) is 2. The van der Waals surface area contributed by atoms with Crippen molar-refractivity contribution >= 4 is 40.4 Å². The van der Waals surface area contributed by atoms with E-state index in [0.29, 0.717) is 10.9 Å². The molecule has 0 aliphatic heterocycles. The first-order chi connectivity index (χ1) is 13.2. The molecule has 3 rings (SSSR count). The van der Waals surface area contributed by atoms with E-state index in [1.54, 1.807) is 12.1 Å². The number of benzene rings is 1. The molecule has 0 unspecified atom stereocenters. The molecule has 0 spiro atoms. The predicted octanol–water partition coefficient (Wildman–Crippen LogP) is 2.77. The molecule has 0 aliphatic carbocycles. The maximum atomic E-state index is 12.0. The summed E-state index contributed by atoms with van der Waals surface area (Å²) in [4.78, 5) is 32.6. The van der Waals surface area contributed by atoms with Crippen LogP contribution in [0.5, 0.6) is 0 Å². The second-order valence-corrected chi connectivity index (χ2v) is 6.44.